The molecule has 8 nitrogen and oxygen atoms in total. The fourth-order valence-corrected chi connectivity index (χ4v) is 4.02. The first-order valence-electron chi connectivity index (χ1n) is 9.87. The van der Waals surface area contributed by atoms with Crippen molar-refractivity contribution in [2.24, 2.45) is 0 Å². The van der Waals surface area contributed by atoms with Gasteiger partial charge in [0.1, 0.15) is 11.6 Å². The number of aromatic nitrogens is 6. The molecule has 0 spiro atoms. The highest BCUT2D eigenvalue weighted by molar-refractivity contribution is 5.83. The van der Waals surface area contributed by atoms with Crippen molar-refractivity contribution < 1.29 is 4.39 Å². The minimum atomic E-state index is -0.329. The second-order valence-corrected chi connectivity index (χ2v) is 7.71. The molecular weight excluding hydrogens is 385 g/mol. The molecule has 152 valence electrons. The molecular formula is C21H20FN7O. The molecule has 0 aromatic carbocycles. The Kier molecular flexibility index (Phi) is 4.50. The maximum Gasteiger partial charge on any atom is 0.340 e. The average molecular weight is 405 g/mol. The highest BCUT2D eigenvalue weighted by Crippen LogP contribution is 2.43. The largest absolute Gasteiger partial charge is 0.368 e. The van der Waals surface area contributed by atoms with Gasteiger partial charge >= 0.3 is 5.69 Å². The van der Waals surface area contributed by atoms with Gasteiger partial charge in [0.05, 0.1) is 11.4 Å². The molecule has 0 radical (unpaired) electrons. The SMILES string of the molecule is O=c1[nH]nc(C2=CC=C(c3ccc(NCC4(c5ncccc5F)CCC4)nn3)C2)[nH]1. The van der Waals surface area contributed by atoms with Gasteiger partial charge in [-0.25, -0.2) is 14.3 Å². The fraction of sp³-hybridized carbons (Fsp3) is 0.286. The van der Waals surface area contributed by atoms with Gasteiger partial charge in [-0.05, 0) is 42.7 Å². The van der Waals surface area contributed by atoms with E-state index in [1.165, 1.54) is 6.07 Å². The van der Waals surface area contributed by atoms with E-state index in [1.807, 2.05) is 24.3 Å². The summed E-state index contributed by atoms with van der Waals surface area (Å²) in [6.07, 6.45) is 8.98. The van der Waals surface area contributed by atoms with Crippen molar-refractivity contribution in [2.75, 3.05) is 11.9 Å². The van der Waals surface area contributed by atoms with Crippen molar-refractivity contribution in [3.05, 3.63) is 76.1 Å². The third-order valence-electron chi connectivity index (χ3n) is 5.84. The van der Waals surface area contributed by atoms with Crippen LogP contribution in [-0.4, -0.2) is 36.9 Å². The first-order chi connectivity index (χ1) is 14.6. The molecule has 2 aliphatic carbocycles. The number of halogens is 1. The summed E-state index contributed by atoms with van der Waals surface area (Å²) in [4.78, 5) is 18.2. The summed E-state index contributed by atoms with van der Waals surface area (Å²) in [7, 11) is 0. The van der Waals surface area contributed by atoms with Crippen LogP contribution in [0, 0.1) is 5.82 Å². The number of hydrogen-bond donors (Lipinski definition) is 3. The molecule has 0 unspecified atom stereocenters. The van der Waals surface area contributed by atoms with Crippen molar-refractivity contribution >= 4 is 17.0 Å². The van der Waals surface area contributed by atoms with Gasteiger partial charge in [-0.15, -0.1) is 10.2 Å². The minimum absolute atomic E-state index is 0.254. The lowest BCUT2D eigenvalue weighted by atomic mass is 9.66. The molecule has 2 aliphatic rings. The van der Waals surface area contributed by atoms with Crippen LogP contribution in [0.3, 0.4) is 0 Å². The van der Waals surface area contributed by atoms with Gasteiger partial charge in [-0.3, -0.25) is 9.97 Å². The van der Waals surface area contributed by atoms with E-state index >= 15 is 0 Å². The molecule has 5 rings (SSSR count). The van der Waals surface area contributed by atoms with Crippen LogP contribution < -0.4 is 11.0 Å². The molecule has 0 saturated heterocycles. The summed E-state index contributed by atoms with van der Waals surface area (Å²) in [5.74, 6) is 0.921. The lowest BCUT2D eigenvalue weighted by Crippen LogP contribution is -2.42. The molecule has 3 N–H and O–H groups in total. The zero-order valence-corrected chi connectivity index (χ0v) is 16.2. The maximum atomic E-state index is 14.3. The van der Waals surface area contributed by atoms with E-state index in [4.69, 9.17) is 0 Å². The van der Waals surface area contributed by atoms with E-state index in [-0.39, 0.29) is 16.9 Å². The van der Waals surface area contributed by atoms with Crippen molar-refractivity contribution in [1.82, 2.24) is 30.4 Å². The summed E-state index contributed by atoms with van der Waals surface area (Å²) in [5, 5.41) is 18.2. The molecule has 9 heteroatoms. The summed E-state index contributed by atoms with van der Waals surface area (Å²) < 4.78 is 14.3. The van der Waals surface area contributed by atoms with E-state index in [0.717, 1.165) is 36.1 Å². The Balaban J connectivity index is 1.24. The van der Waals surface area contributed by atoms with Gasteiger partial charge < -0.3 is 5.32 Å². The quantitative estimate of drug-likeness (QED) is 0.581. The first kappa shape index (κ1) is 18.4. The zero-order valence-electron chi connectivity index (χ0n) is 16.2. The van der Waals surface area contributed by atoms with E-state index in [9.17, 15) is 9.18 Å². The van der Waals surface area contributed by atoms with Crippen LogP contribution in [0.2, 0.25) is 0 Å². The summed E-state index contributed by atoms with van der Waals surface area (Å²) in [5.41, 5.74) is 2.58. The fourth-order valence-electron chi connectivity index (χ4n) is 4.02. The second-order valence-electron chi connectivity index (χ2n) is 7.71. The number of rotatable bonds is 6. The molecule has 30 heavy (non-hydrogen) atoms. The highest BCUT2D eigenvalue weighted by atomic mass is 19.1. The van der Waals surface area contributed by atoms with Crippen LogP contribution >= 0.6 is 0 Å². The minimum Gasteiger partial charge on any atom is -0.368 e. The molecule has 3 heterocycles. The van der Waals surface area contributed by atoms with E-state index in [1.54, 1.807) is 12.3 Å². The molecule has 0 atom stereocenters. The number of allylic oxidation sites excluding steroid dienone is 4. The van der Waals surface area contributed by atoms with Gasteiger partial charge in [0.2, 0.25) is 0 Å². The van der Waals surface area contributed by atoms with Crippen molar-refractivity contribution in [2.45, 2.75) is 31.1 Å². The average Bonchev–Trinajstić information content (AvgIpc) is 3.38. The summed E-state index contributed by atoms with van der Waals surface area (Å²) in [6.45, 7) is 0.565. The number of H-pyrrole nitrogens is 2. The summed E-state index contributed by atoms with van der Waals surface area (Å²) in [6, 6.07) is 6.86. The Morgan fingerprint density at radius 1 is 1.13 bits per heavy atom. The lowest BCUT2D eigenvalue weighted by Gasteiger charge is -2.41. The van der Waals surface area contributed by atoms with Crippen LogP contribution in [0.5, 0.6) is 0 Å². The van der Waals surface area contributed by atoms with Crippen molar-refractivity contribution in [1.29, 1.82) is 0 Å². The third-order valence-corrected chi connectivity index (χ3v) is 5.84. The predicted octanol–water partition coefficient (Wildman–Crippen LogP) is 2.83. The molecule has 3 aromatic rings. The van der Waals surface area contributed by atoms with Gasteiger partial charge in [0, 0.05) is 30.2 Å². The number of nitrogens with zero attached hydrogens (tertiary/aromatic N) is 4. The maximum absolute atomic E-state index is 14.3. The predicted molar refractivity (Wildman–Crippen MR) is 110 cm³/mol. The zero-order chi connectivity index (χ0) is 20.6. The normalized spacial score (nSPS) is 17.2. The first-order valence-corrected chi connectivity index (χ1v) is 9.87. The van der Waals surface area contributed by atoms with Gasteiger partial charge in [0.25, 0.3) is 0 Å². The van der Waals surface area contributed by atoms with Crippen LogP contribution in [0.1, 0.15) is 42.9 Å². The Morgan fingerprint density at radius 3 is 2.67 bits per heavy atom. The lowest BCUT2D eigenvalue weighted by molar-refractivity contribution is 0.243. The van der Waals surface area contributed by atoms with Crippen molar-refractivity contribution in [3.8, 4) is 0 Å². The standard InChI is InChI=1S/C21H20FN7O/c22-15-3-1-10-23-18(15)21(8-2-9-21)12-24-17-7-6-16(26-27-17)13-4-5-14(11-13)19-25-20(30)29-28-19/h1,3-7,10H,2,8-9,11-12H2,(H,24,27)(H2,25,28,29,30). The Hall–Kier alpha value is -3.62. The van der Waals surface area contributed by atoms with E-state index < -0.39 is 0 Å². The second kappa shape index (κ2) is 7.33. The topological polar surface area (TPSA) is 112 Å². The van der Waals surface area contributed by atoms with Crippen LogP contribution in [-0.2, 0) is 5.41 Å². The van der Waals surface area contributed by atoms with Crippen LogP contribution in [0.25, 0.3) is 11.1 Å². The molecule has 0 aliphatic heterocycles. The van der Waals surface area contributed by atoms with Crippen LogP contribution in [0.4, 0.5) is 10.2 Å². The molecule has 1 fully saturated rings. The molecule has 3 aromatic heterocycles. The summed E-state index contributed by atoms with van der Waals surface area (Å²) >= 11 is 0. The van der Waals surface area contributed by atoms with E-state index in [2.05, 4.69) is 35.7 Å². The van der Waals surface area contributed by atoms with Crippen molar-refractivity contribution in [3.63, 3.8) is 0 Å². The van der Waals surface area contributed by atoms with Gasteiger partial charge in [0.15, 0.2) is 5.82 Å². The number of nitrogens with one attached hydrogen (secondary N) is 3. The number of hydrogen-bond acceptors (Lipinski definition) is 6. The van der Waals surface area contributed by atoms with Crippen LogP contribution in [0.15, 0.2) is 47.4 Å². The number of pyridine rings is 1. The molecule has 0 bridgehead atoms. The van der Waals surface area contributed by atoms with Gasteiger partial charge in [-0.2, -0.15) is 5.10 Å². The third kappa shape index (κ3) is 3.32. The van der Waals surface area contributed by atoms with E-state index in [0.29, 0.717) is 30.3 Å². The Bertz CT molecular complexity index is 1190. The Morgan fingerprint density at radius 2 is 2.00 bits per heavy atom. The highest BCUT2D eigenvalue weighted by Gasteiger charge is 2.41. The smallest absolute Gasteiger partial charge is 0.340 e. The number of aromatic amines is 2. The number of anilines is 1. The molecule has 0 amide bonds. The molecule has 1 saturated carbocycles. The van der Waals surface area contributed by atoms with Gasteiger partial charge in [-0.1, -0.05) is 18.6 Å². The Labute approximate surface area is 171 Å². The monoisotopic (exact) mass is 405 g/mol.